The summed E-state index contributed by atoms with van der Waals surface area (Å²) in [4.78, 5) is 6.63. The molecule has 0 aromatic carbocycles. The van der Waals surface area contributed by atoms with Gasteiger partial charge in [0.05, 0.1) is 6.10 Å². The first-order valence-corrected chi connectivity index (χ1v) is 13.6. The molecule has 3 heteroatoms. The smallest absolute Gasteiger partial charge is 0.0793 e. The highest BCUT2D eigenvalue weighted by Crippen LogP contribution is 2.40. The minimum atomic E-state index is 0.0919. The van der Waals surface area contributed by atoms with E-state index in [0.29, 0.717) is 12.1 Å². The van der Waals surface area contributed by atoms with Gasteiger partial charge in [-0.3, -0.25) is 4.84 Å². The van der Waals surface area contributed by atoms with Crippen LogP contribution in [0.5, 0.6) is 0 Å². The van der Waals surface area contributed by atoms with Gasteiger partial charge in [-0.1, -0.05) is 84.0 Å². The van der Waals surface area contributed by atoms with Gasteiger partial charge in [-0.15, -0.1) is 0 Å². The molecule has 0 amide bonds. The van der Waals surface area contributed by atoms with E-state index in [1.54, 1.807) is 0 Å². The molecule has 0 aromatic rings. The first-order chi connectivity index (χ1) is 14.3. The standard InChI is InChI=1S/C27H54N2O/c1-6-7-8-9-10-11-12-13-14-18-21-28-24-22-26(2,3)29(27(4,5)23-24)30-25-19-16-15-17-20-25/h24-25,28H,6-23H2,1-5H3. The van der Waals surface area contributed by atoms with Crippen LogP contribution < -0.4 is 5.32 Å². The fourth-order valence-corrected chi connectivity index (χ4v) is 5.93. The molecule has 1 N–H and O–H groups in total. The molecule has 0 aromatic heterocycles. The monoisotopic (exact) mass is 422 g/mol. The van der Waals surface area contributed by atoms with Gasteiger partial charge in [0.15, 0.2) is 0 Å². The Hall–Kier alpha value is -0.120. The van der Waals surface area contributed by atoms with E-state index in [4.69, 9.17) is 4.84 Å². The molecule has 0 spiro atoms. The van der Waals surface area contributed by atoms with E-state index < -0.39 is 0 Å². The van der Waals surface area contributed by atoms with Gasteiger partial charge in [-0.05, 0) is 66.3 Å². The number of hydrogen-bond acceptors (Lipinski definition) is 3. The normalized spacial score (nSPS) is 23.1. The zero-order valence-corrected chi connectivity index (χ0v) is 21.2. The first kappa shape index (κ1) is 26.1. The first-order valence-electron chi connectivity index (χ1n) is 13.6. The van der Waals surface area contributed by atoms with E-state index in [1.165, 1.54) is 116 Å². The van der Waals surface area contributed by atoms with Crippen molar-refractivity contribution in [2.24, 2.45) is 0 Å². The molecule has 178 valence electrons. The van der Waals surface area contributed by atoms with Crippen LogP contribution in [0.2, 0.25) is 0 Å². The zero-order chi connectivity index (χ0) is 21.9. The molecule has 1 saturated heterocycles. The lowest BCUT2D eigenvalue weighted by Gasteiger charge is -2.55. The maximum Gasteiger partial charge on any atom is 0.0793 e. The predicted octanol–water partition coefficient (Wildman–Crippen LogP) is 7.78. The Balaban J connectivity index is 1.61. The molecule has 1 aliphatic carbocycles. The number of unbranched alkanes of at least 4 members (excludes halogenated alkanes) is 9. The van der Waals surface area contributed by atoms with E-state index in [-0.39, 0.29) is 11.1 Å². The highest BCUT2D eigenvalue weighted by Gasteiger charge is 2.47. The van der Waals surface area contributed by atoms with Crippen LogP contribution in [0.4, 0.5) is 0 Å². The zero-order valence-electron chi connectivity index (χ0n) is 21.2. The predicted molar refractivity (Wildman–Crippen MR) is 131 cm³/mol. The van der Waals surface area contributed by atoms with Crippen molar-refractivity contribution in [1.82, 2.24) is 10.4 Å². The molecular weight excluding hydrogens is 368 g/mol. The van der Waals surface area contributed by atoms with Crippen molar-refractivity contribution >= 4 is 0 Å². The molecule has 0 bridgehead atoms. The Kier molecular flexibility index (Phi) is 11.7. The second kappa shape index (κ2) is 13.4. The van der Waals surface area contributed by atoms with Crippen LogP contribution in [0.1, 0.15) is 144 Å². The van der Waals surface area contributed by atoms with Gasteiger partial charge in [-0.25, -0.2) is 0 Å². The summed E-state index contributed by atoms with van der Waals surface area (Å²) < 4.78 is 0. The van der Waals surface area contributed by atoms with E-state index in [9.17, 15) is 0 Å². The van der Waals surface area contributed by atoms with Crippen LogP contribution in [-0.4, -0.2) is 34.8 Å². The van der Waals surface area contributed by atoms with Gasteiger partial charge in [0.1, 0.15) is 0 Å². The van der Waals surface area contributed by atoms with Crippen molar-refractivity contribution < 1.29 is 4.84 Å². The molecule has 0 radical (unpaired) electrons. The second-order valence-electron chi connectivity index (χ2n) is 11.5. The summed E-state index contributed by atoms with van der Waals surface area (Å²) in [6, 6.07) is 0.611. The summed E-state index contributed by atoms with van der Waals surface area (Å²) in [5, 5.41) is 6.28. The van der Waals surface area contributed by atoms with Gasteiger partial charge in [0.2, 0.25) is 0 Å². The van der Waals surface area contributed by atoms with Crippen molar-refractivity contribution in [3.63, 3.8) is 0 Å². The number of nitrogens with zero attached hydrogens (tertiary/aromatic N) is 1. The summed E-state index contributed by atoms with van der Waals surface area (Å²) in [6.07, 6.45) is 23.5. The van der Waals surface area contributed by atoms with Gasteiger partial charge in [0.25, 0.3) is 0 Å². The second-order valence-corrected chi connectivity index (χ2v) is 11.5. The number of rotatable bonds is 14. The maximum atomic E-state index is 6.63. The Bertz CT molecular complexity index is 424. The van der Waals surface area contributed by atoms with Crippen LogP contribution in [0.15, 0.2) is 0 Å². The molecule has 2 fully saturated rings. The highest BCUT2D eigenvalue weighted by atomic mass is 16.7. The Morgan fingerprint density at radius 2 is 1.23 bits per heavy atom. The summed E-state index contributed by atoms with van der Waals surface area (Å²) in [5.41, 5.74) is 0.184. The molecule has 1 heterocycles. The number of hydroxylamine groups is 2. The lowest BCUT2D eigenvalue weighted by molar-refractivity contribution is -0.310. The molecule has 0 atom stereocenters. The maximum absolute atomic E-state index is 6.63. The largest absolute Gasteiger partial charge is 0.314 e. The van der Waals surface area contributed by atoms with Crippen LogP contribution in [0.3, 0.4) is 0 Å². The van der Waals surface area contributed by atoms with Crippen molar-refractivity contribution in [3.05, 3.63) is 0 Å². The SMILES string of the molecule is CCCCCCCCCCCCNC1CC(C)(C)N(OC2CCCCC2)C(C)(C)C1. The summed E-state index contributed by atoms with van der Waals surface area (Å²) in [6.45, 7) is 13.0. The Morgan fingerprint density at radius 3 is 1.77 bits per heavy atom. The third-order valence-corrected chi connectivity index (χ3v) is 7.36. The quantitative estimate of drug-likeness (QED) is 0.289. The minimum Gasteiger partial charge on any atom is -0.314 e. The van der Waals surface area contributed by atoms with Crippen LogP contribution in [0.25, 0.3) is 0 Å². The molecule has 0 unspecified atom stereocenters. The van der Waals surface area contributed by atoms with Crippen molar-refractivity contribution in [1.29, 1.82) is 0 Å². The van der Waals surface area contributed by atoms with Crippen molar-refractivity contribution in [2.75, 3.05) is 6.54 Å². The fraction of sp³-hybridized carbons (Fsp3) is 1.00. The van der Waals surface area contributed by atoms with Crippen molar-refractivity contribution in [2.45, 2.75) is 167 Å². The Labute approximate surface area is 189 Å². The molecule has 1 saturated carbocycles. The van der Waals surface area contributed by atoms with Crippen LogP contribution >= 0.6 is 0 Å². The molecule has 3 nitrogen and oxygen atoms in total. The van der Waals surface area contributed by atoms with Crippen LogP contribution in [0, 0.1) is 0 Å². The fourth-order valence-electron chi connectivity index (χ4n) is 5.93. The topological polar surface area (TPSA) is 24.5 Å². The average molecular weight is 423 g/mol. The van der Waals surface area contributed by atoms with Crippen molar-refractivity contribution in [3.8, 4) is 0 Å². The lowest BCUT2D eigenvalue weighted by atomic mass is 9.79. The van der Waals surface area contributed by atoms with E-state index >= 15 is 0 Å². The van der Waals surface area contributed by atoms with Gasteiger partial charge < -0.3 is 5.32 Å². The summed E-state index contributed by atoms with van der Waals surface area (Å²) >= 11 is 0. The third-order valence-electron chi connectivity index (χ3n) is 7.36. The van der Waals surface area contributed by atoms with Gasteiger partial charge in [-0.2, -0.15) is 5.06 Å². The average Bonchev–Trinajstić information content (AvgIpc) is 2.69. The third kappa shape index (κ3) is 9.17. The minimum absolute atomic E-state index is 0.0919. The Morgan fingerprint density at radius 1 is 0.733 bits per heavy atom. The molecule has 2 rings (SSSR count). The van der Waals surface area contributed by atoms with E-state index in [0.717, 1.165) is 0 Å². The van der Waals surface area contributed by atoms with E-state index in [2.05, 4.69) is 45.0 Å². The molecular formula is C27H54N2O. The van der Waals surface area contributed by atoms with Gasteiger partial charge >= 0.3 is 0 Å². The summed E-state index contributed by atoms with van der Waals surface area (Å²) in [7, 11) is 0. The summed E-state index contributed by atoms with van der Waals surface area (Å²) in [5.74, 6) is 0. The molecule has 30 heavy (non-hydrogen) atoms. The molecule has 1 aliphatic heterocycles. The van der Waals surface area contributed by atoms with E-state index in [1.807, 2.05) is 0 Å². The molecule has 2 aliphatic rings. The van der Waals surface area contributed by atoms with Gasteiger partial charge in [0, 0.05) is 17.1 Å². The van der Waals surface area contributed by atoms with Crippen LogP contribution in [-0.2, 0) is 4.84 Å². The number of piperidine rings is 1. The number of nitrogens with one attached hydrogen (secondary N) is 1. The lowest BCUT2D eigenvalue weighted by Crippen LogP contribution is -2.64. The number of hydrogen-bond donors (Lipinski definition) is 1. The highest BCUT2D eigenvalue weighted by molar-refractivity contribution is 4.99.